The molecule has 0 unspecified atom stereocenters. The number of nitrogens with zero attached hydrogens (tertiary/aromatic N) is 4. The fraction of sp³-hybridized carbons (Fsp3) is 0.0538. The van der Waals surface area contributed by atoms with E-state index in [0.717, 1.165) is 209 Å². The molecule has 4 aliphatic heterocycles. The number of unbranched alkanes of at least 4 members (excludes halogenated alkanes) is 2. The molecule has 103 heavy (non-hydrogen) atoms. The van der Waals surface area contributed by atoms with Gasteiger partial charge in [0.15, 0.2) is 0 Å². The number of ether oxygens (including phenoxy) is 2. The van der Waals surface area contributed by atoms with E-state index in [9.17, 15) is 0 Å². The number of benzene rings is 8. The molecule has 0 atom stereocenters. The van der Waals surface area contributed by atoms with Gasteiger partial charge in [-0.2, -0.15) is 0 Å². The molecule has 0 radical (unpaired) electrons. The molecule has 6 aromatic heterocycles. The van der Waals surface area contributed by atoms with Gasteiger partial charge in [0.1, 0.15) is 11.5 Å². The Kier molecular flexibility index (Phi) is 16.4. The quantitative estimate of drug-likeness (QED) is 0.0712. The third kappa shape index (κ3) is 12.3. The summed E-state index contributed by atoms with van der Waals surface area (Å²) in [5.41, 5.74) is 31.0. The smallest absolute Gasteiger partial charge is 0.119 e. The van der Waals surface area contributed by atoms with E-state index >= 15 is 0 Å². The number of aromatic nitrogens is 8. The van der Waals surface area contributed by atoms with Crippen molar-refractivity contribution in [1.82, 2.24) is 39.9 Å². The van der Waals surface area contributed by atoms with Gasteiger partial charge >= 0.3 is 0 Å². The van der Waals surface area contributed by atoms with E-state index in [1.807, 2.05) is 0 Å². The third-order valence-electron chi connectivity index (χ3n) is 19.5. The molecule has 0 amide bonds. The summed E-state index contributed by atoms with van der Waals surface area (Å²) in [6, 6.07) is 97.3. The van der Waals surface area contributed by atoms with E-state index in [0.29, 0.717) is 13.2 Å². The Balaban J connectivity index is 0.617. The number of hydrogen-bond donors (Lipinski definition) is 4. The van der Waals surface area contributed by atoms with Crippen LogP contribution in [0.15, 0.2) is 279 Å². The Morgan fingerprint density at radius 3 is 0.544 bits per heavy atom. The lowest BCUT2D eigenvalue weighted by molar-refractivity contribution is 0.279. The second-order valence-corrected chi connectivity index (χ2v) is 26.0. The summed E-state index contributed by atoms with van der Waals surface area (Å²) in [6.07, 6.45) is 19.8. The molecule has 8 aromatic carbocycles. The maximum absolute atomic E-state index is 6.45. The van der Waals surface area contributed by atoms with Crippen LogP contribution in [0.4, 0.5) is 0 Å². The number of aromatic amines is 4. The number of hydrogen-bond acceptors (Lipinski definition) is 6. The number of nitrogens with one attached hydrogen (secondary N) is 4. The Morgan fingerprint density at radius 1 is 0.184 bits per heavy atom. The molecule has 0 saturated heterocycles. The predicted octanol–water partition coefficient (Wildman–Crippen LogP) is 23.6. The molecule has 10 heteroatoms. The zero-order valence-electron chi connectivity index (χ0n) is 56.3. The molecule has 14 aromatic rings. The molecule has 4 aliphatic rings. The van der Waals surface area contributed by atoms with Gasteiger partial charge in [-0.25, -0.2) is 19.9 Å². The van der Waals surface area contributed by atoms with Gasteiger partial charge in [0.2, 0.25) is 0 Å². The molecular weight excluding hydrogens is 1260 g/mol. The number of rotatable bonds is 16. The van der Waals surface area contributed by atoms with Crippen molar-refractivity contribution in [3.05, 3.63) is 325 Å². The molecule has 0 aliphatic carbocycles. The Hall–Kier alpha value is -13.4. The van der Waals surface area contributed by atoms with Gasteiger partial charge in [-0.15, -0.1) is 0 Å². The first kappa shape index (κ1) is 61.9. The number of H-pyrrole nitrogens is 4. The van der Waals surface area contributed by atoms with Gasteiger partial charge in [0, 0.05) is 88.6 Å². The molecule has 4 N–H and O–H groups in total. The predicted molar refractivity (Wildman–Crippen MR) is 426 cm³/mol. The highest BCUT2D eigenvalue weighted by Crippen LogP contribution is 2.42. The number of fused-ring (bicyclic) bond motifs is 16. The van der Waals surface area contributed by atoms with Crippen molar-refractivity contribution in [2.75, 3.05) is 13.2 Å². The maximum atomic E-state index is 6.45. The first-order chi connectivity index (χ1) is 51.0. The fourth-order valence-electron chi connectivity index (χ4n) is 14.7. The molecule has 10 heterocycles. The van der Waals surface area contributed by atoms with Crippen molar-refractivity contribution in [2.45, 2.75) is 19.3 Å². The lowest BCUT2D eigenvalue weighted by atomic mass is 10.0. The first-order valence-electron chi connectivity index (χ1n) is 35.2. The topological polar surface area (TPSA) is 133 Å². The summed E-state index contributed by atoms with van der Waals surface area (Å²) in [6.45, 7) is 1.15. The summed E-state index contributed by atoms with van der Waals surface area (Å²) in [5, 5.41) is 0. The van der Waals surface area contributed by atoms with Crippen LogP contribution in [0.25, 0.3) is 182 Å². The Bertz CT molecular complexity index is 5580. The van der Waals surface area contributed by atoms with Crippen LogP contribution in [0.2, 0.25) is 0 Å². The van der Waals surface area contributed by atoms with E-state index in [4.69, 9.17) is 29.4 Å². The normalized spacial score (nSPS) is 12.1. The molecule has 10 nitrogen and oxygen atoms in total. The third-order valence-corrected chi connectivity index (χ3v) is 19.5. The van der Waals surface area contributed by atoms with Crippen LogP contribution in [0.3, 0.4) is 0 Å². The van der Waals surface area contributed by atoms with E-state index in [-0.39, 0.29) is 0 Å². The van der Waals surface area contributed by atoms with Gasteiger partial charge in [0.05, 0.1) is 58.8 Å². The standard InChI is InChI=1S/C93H68N8O2/c1-8-22-60(23-9-1)86-70-42-46-74(94-70)88(62-26-12-3-13-27-62)78-50-54-82(98-78)92(83-55-51-79(99-83)89(63-28-14-4-15-29-63)75-47-43-71(86)95-75)66-34-38-68(39-35-66)102-58-20-7-21-59-103-69-40-36-67(37-41-69)93-84-56-52-80(100-84)90(64-30-16-5-17-31-64)76-48-44-72(96-76)87(61-24-10-2-11-25-61)73-45-49-77(97-73)91(65-32-18-6-19-33-65)81-53-57-85(93)101-81/h1-6,8-19,22-57,94,96,99,101H,7,20-21,58-59H2. The van der Waals surface area contributed by atoms with Gasteiger partial charge in [-0.1, -0.05) is 206 Å². The minimum Gasteiger partial charge on any atom is -0.494 e. The van der Waals surface area contributed by atoms with Crippen LogP contribution in [0.1, 0.15) is 64.8 Å². The van der Waals surface area contributed by atoms with Crippen LogP contribution < -0.4 is 9.47 Å². The van der Waals surface area contributed by atoms with Crippen LogP contribution in [0, 0.1) is 0 Å². The highest BCUT2D eigenvalue weighted by molar-refractivity contribution is 6.03. The van der Waals surface area contributed by atoms with Crippen LogP contribution in [-0.2, 0) is 0 Å². The summed E-state index contributed by atoms with van der Waals surface area (Å²) >= 11 is 0. The fourth-order valence-corrected chi connectivity index (χ4v) is 14.7. The van der Waals surface area contributed by atoms with Gasteiger partial charge in [-0.3, -0.25) is 0 Å². The Morgan fingerprint density at radius 2 is 0.359 bits per heavy atom. The van der Waals surface area contributed by atoms with E-state index in [1.54, 1.807) is 0 Å². The van der Waals surface area contributed by atoms with Gasteiger partial charge < -0.3 is 29.4 Å². The minimum absolute atomic E-state index is 0.576. The van der Waals surface area contributed by atoms with Crippen LogP contribution in [0.5, 0.6) is 11.5 Å². The van der Waals surface area contributed by atoms with Crippen molar-refractivity contribution in [1.29, 1.82) is 0 Å². The average Bonchev–Trinajstić information content (AvgIpc) is 1.63. The van der Waals surface area contributed by atoms with Crippen molar-refractivity contribution in [3.8, 4) is 101 Å². The second kappa shape index (κ2) is 27.3. The lowest BCUT2D eigenvalue weighted by Gasteiger charge is -2.10. The average molecular weight is 1330 g/mol. The molecule has 0 saturated carbocycles. The minimum atomic E-state index is 0.576. The van der Waals surface area contributed by atoms with E-state index < -0.39 is 0 Å². The Labute approximate surface area is 596 Å². The van der Waals surface area contributed by atoms with Crippen molar-refractivity contribution in [2.24, 2.45) is 0 Å². The van der Waals surface area contributed by atoms with Crippen molar-refractivity contribution < 1.29 is 9.47 Å². The zero-order chi connectivity index (χ0) is 68.4. The van der Waals surface area contributed by atoms with Gasteiger partial charge in [-0.05, 0) is 185 Å². The van der Waals surface area contributed by atoms with Gasteiger partial charge in [0.25, 0.3) is 0 Å². The van der Waals surface area contributed by atoms with Crippen molar-refractivity contribution >= 4 is 92.7 Å². The SMILES string of the molecule is C1=Cc2nc1c(-c1ccccc1)c1ccc([nH]1)c(-c1ccccc1)c1nc(c(-c3ccc(OCCCCCOc4ccc(-c5c6nc(c(-c7ccccc7)c7ccc([nH]7)c(-c7ccccc7)c7nc(c(-c8ccccc8)c8ccc5[nH]8)C=C7)C=C6)cc4)cc3)c3ccc([nH]3)c2-c2ccccc2)C=C1. The molecular formula is C93H68N8O2. The first-order valence-corrected chi connectivity index (χ1v) is 35.2. The summed E-state index contributed by atoms with van der Waals surface area (Å²) < 4.78 is 12.9. The van der Waals surface area contributed by atoms with Crippen LogP contribution in [-0.4, -0.2) is 53.1 Å². The highest BCUT2D eigenvalue weighted by atomic mass is 16.5. The highest BCUT2D eigenvalue weighted by Gasteiger charge is 2.23. The molecule has 492 valence electrons. The van der Waals surface area contributed by atoms with Crippen LogP contribution >= 0.6 is 0 Å². The lowest BCUT2D eigenvalue weighted by Crippen LogP contribution is -2.01. The van der Waals surface area contributed by atoms with E-state index in [1.165, 1.54) is 0 Å². The monoisotopic (exact) mass is 1330 g/mol. The van der Waals surface area contributed by atoms with Crippen molar-refractivity contribution in [3.63, 3.8) is 0 Å². The maximum Gasteiger partial charge on any atom is 0.119 e. The summed E-state index contributed by atoms with van der Waals surface area (Å²) in [7, 11) is 0. The summed E-state index contributed by atoms with van der Waals surface area (Å²) in [4.78, 5) is 37.4. The molecule has 0 fully saturated rings. The molecule has 18 rings (SSSR count). The largest absolute Gasteiger partial charge is 0.494 e. The second-order valence-electron chi connectivity index (χ2n) is 26.0. The van der Waals surface area contributed by atoms with E-state index in [2.05, 4.69) is 348 Å². The zero-order valence-corrected chi connectivity index (χ0v) is 56.3. The molecule has 16 bridgehead atoms. The molecule has 0 spiro atoms. The summed E-state index contributed by atoms with van der Waals surface area (Å²) in [5.74, 6) is 1.61.